The fourth-order valence-electron chi connectivity index (χ4n) is 1.77. The van der Waals surface area contributed by atoms with Gasteiger partial charge in [0.25, 0.3) is 0 Å². The van der Waals surface area contributed by atoms with Crippen molar-refractivity contribution in [2.24, 2.45) is 5.92 Å². The largest absolute Gasteiger partial charge is 0.497 e. The molecular formula is C14H18O4. The van der Waals surface area contributed by atoms with Gasteiger partial charge in [-0.3, -0.25) is 9.59 Å². The molecular weight excluding hydrogens is 232 g/mol. The third-order valence-electron chi connectivity index (χ3n) is 2.80. The summed E-state index contributed by atoms with van der Waals surface area (Å²) in [4.78, 5) is 23.4. The van der Waals surface area contributed by atoms with E-state index in [1.54, 1.807) is 20.1 Å². The van der Waals surface area contributed by atoms with Crippen LogP contribution in [0.4, 0.5) is 0 Å². The molecule has 0 aromatic heterocycles. The Kier molecular flexibility index (Phi) is 5.36. The second kappa shape index (κ2) is 6.79. The van der Waals surface area contributed by atoms with Crippen LogP contribution in [0, 0.1) is 5.92 Å². The SMILES string of the molecule is CCC(C(=O)Cc1cccc(OC)c1)C(=O)OC. The number of ether oxygens (including phenoxy) is 2. The molecule has 4 heteroatoms. The van der Waals surface area contributed by atoms with Crippen molar-refractivity contribution in [3.63, 3.8) is 0 Å². The van der Waals surface area contributed by atoms with Gasteiger partial charge in [0.1, 0.15) is 11.7 Å². The van der Waals surface area contributed by atoms with Crippen molar-refractivity contribution in [2.75, 3.05) is 14.2 Å². The van der Waals surface area contributed by atoms with Gasteiger partial charge in [-0.15, -0.1) is 0 Å². The fourth-order valence-corrected chi connectivity index (χ4v) is 1.77. The van der Waals surface area contributed by atoms with Gasteiger partial charge >= 0.3 is 5.97 Å². The van der Waals surface area contributed by atoms with Gasteiger partial charge in [0.15, 0.2) is 5.78 Å². The van der Waals surface area contributed by atoms with Gasteiger partial charge in [0, 0.05) is 6.42 Å². The third-order valence-corrected chi connectivity index (χ3v) is 2.80. The fraction of sp³-hybridized carbons (Fsp3) is 0.429. The molecule has 0 heterocycles. The van der Waals surface area contributed by atoms with Gasteiger partial charge in [-0.25, -0.2) is 0 Å². The summed E-state index contributed by atoms with van der Waals surface area (Å²) in [5.41, 5.74) is 0.835. The summed E-state index contributed by atoms with van der Waals surface area (Å²) in [6, 6.07) is 7.26. The third kappa shape index (κ3) is 3.58. The standard InChI is InChI=1S/C14H18O4/c1-4-12(14(16)18-3)13(15)9-10-6-5-7-11(8-10)17-2/h5-8,12H,4,9H2,1-3H3. The van der Waals surface area contributed by atoms with Crippen LogP contribution >= 0.6 is 0 Å². The minimum atomic E-state index is -0.679. The van der Waals surface area contributed by atoms with Gasteiger partial charge in [0.05, 0.1) is 14.2 Å². The van der Waals surface area contributed by atoms with E-state index < -0.39 is 11.9 Å². The van der Waals surface area contributed by atoms with Crippen molar-refractivity contribution >= 4 is 11.8 Å². The molecule has 4 nitrogen and oxygen atoms in total. The summed E-state index contributed by atoms with van der Waals surface area (Å²) in [5.74, 6) is -0.574. The number of rotatable bonds is 6. The van der Waals surface area contributed by atoms with Gasteiger partial charge in [0.2, 0.25) is 0 Å². The first-order chi connectivity index (χ1) is 8.62. The molecule has 0 fully saturated rings. The van der Waals surface area contributed by atoms with Crippen molar-refractivity contribution in [3.05, 3.63) is 29.8 Å². The lowest BCUT2D eigenvalue weighted by atomic mass is 9.95. The summed E-state index contributed by atoms with van der Waals surface area (Å²) in [5, 5.41) is 0. The molecule has 0 bridgehead atoms. The molecule has 18 heavy (non-hydrogen) atoms. The van der Waals surface area contributed by atoms with Crippen LogP contribution in [0.15, 0.2) is 24.3 Å². The molecule has 0 saturated heterocycles. The first-order valence-corrected chi connectivity index (χ1v) is 5.85. The summed E-state index contributed by atoms with van der Waals surface area (Å²) >= 11 is 0. The Morgan fingerprint density at radius 1 is 1.28 bits per heavy atom. The topological polar surface area (TPSA) is 52.6 Å². The van der Waals surface area contributed by atoms with E-state index in [9.17, 15) is 9.59 Å². The Morgan fingerprint density at radius 2 is 2.00 bits per heavy atom. The summed E-state index contributed by atoms with van der Waals surface area (Å²) in [6.45, 7) is 1.80. The van der Waals surface area contributed by atoms with Crippen molar-refractivity contribution < 1.29 is 19.1 Å². The van der Waals surface area contributed by atoms with E-state index in [-0.39, 0.29) is 12.2 Å². The van der Waals surface area contributed by atoms with Crippen LogP contribution < -0.4 is 4.74 Å². The normalized spacial score (nSPS) is 11.7. The van der Waals surface area contributed by atoms with Crippen LogP contribution in [-0.2, 0) is 20.7 Å². The molecule has 1 atom stereocenters. The Morgan fingerprint density at radius 3 is 2.56 bits per heavy atom. The van der Waals surface area contributed by atoms with Crippen LogP contribution in [0.1, 0.15) is 18.9 Å². The van der Waals surface area contributed by atoms with Gasteiger partial charge in [-0.05, 0) is 24.1 Å². The number of Topliss-reactive ketones (excluding diaryl/α,β-unsaturated/α-hetero) is 1. The number of ketones is 1. The van der Waals surface area contributed by atoms with Crippen molar-refractivity contribution in [3.8, 4) is 5.75 Å². The molecule has 0 aliphatic rings. The number of methoxy groups -OCH3 is 2. The summed E-state index contributed by atoms with van der Waals surface area (Å²) < 4.78 is 9.71. The molecule has 0 spiro atoms. The molecule has 1 aromatic carbocycles. The molecule has 0 saturated carbocycles. The van der Waals surface area contributed by atoms with E-state index >= 15 is 0 Å². The zero-order valence-corrected chi connectivity index (χ0v) is 10.9. The highest BCUT2D eigenvalue weighted by Gasteiger charge is 2.25. The maximum atomic E-state index is 12.0. The van der Waals surface area contributed by atoms with Gasteiger partial charge in [-0.2, -0.15) is 0 Å². The average molecular weight is 250 g/mol. The molecule has 0 aliphatic carbocycles. The first-order valence-electron chi connectivity index (χ1n) is 5.85. The number of hydrogen-bond acceptors (Lipinski definition) is 4. The zero-order valence-electron chi connectivity index (χ0n) is 10.9. The highest BCUT2D eigenvalue weighted by molar-refractivity contribution is 5.99. The Bertz CT molecular complexity index is 426. The smallest absolute Gasteiger partial charge is 0.316 e. The van der Waals surface area contributed by atoms with E-state index in [1.165, 1.54) is 7.11 Å². The Balaban J connectivity index is 2.76. The number of esters is 1. The second-order valence-electron chi connectivity index (χ2n) is 3.98. The predicted molar refractivity (Wildman–Crippen MR) is 67.5 cm³/mol. The van der Waals surface area contributed by atoms with Crippen LogP contribution in [-0.4, -0.2) is 26.0 Å². The quantitative estimate of drug-likeness (QED) is 0.572. The highest BCUT2D eigenvalue weighted by atomic mass is 16.5. The van der Waals surface area contributed by atoms with Crippen LogP contribution in [0.3, 0.4) is 0 Å². The molecule has 0 N–H and O–H groups in total. The minimum Gasteiger partial charge on any atom is -0.497 e. The molecule has 98 valence electrons. The van der Waals surface area contributed by atoms with Crippen molar-refractivity contribution in [1.82, 2.24) is 0 Å². The number of benzene rings is 1. The minimum absolute atomic E-state index is 0.127. The maximum absolute atomic E-state index is 12.0. The summed E-state index contributed by atoms with van der Waals surface area (Å²) in [6.07, 6.45) is 0.667. The van der Waals surface area contributed by atoms with Crippen molar-refractivity contribution in [1.29, 1.82) is 0 Å². The van der Waals surface area contributed by atoms with Crippen LogP contribution in [0.5, 0.6) is 5.75 Å². The van der Waals surface area contributed by atoms with E-state index in [1.807, 2.05) is 18.2 Å². The van der Waals surface area contributed by atoms with Crippen molar-refractivity contribution in [2.45, 2.75) is 19.8 Å². The molecule has 1 rings (SSSR count). The number of carbonyl (C=O) groups is 2. The molecule has 0 aliphatic heterocycles. The molecule has 0 radical (unpaired) electrons. The second-order valence-corrected chi connectivity index (χ2v) is 3.98. The van der Waals surface area contributed by atoms with Crippen LogP contribution in [0.2, 0.25) is 0 Å². The Labute approximate surface area is 107 Å². The molecule has 0 amide bonds. The van der Waals surface area contributed by atoms with Gasteiger partial charge < -0.3 is 9.47 Å². The van der Waals surface area contributed by atoms with E-state index in [0.29, 0.717) is 12.2 Å². The van der Waals surface area contributed by atoms with E-state index in [0.717, 1.165) is 5.56 Å². The monoisotopic (exact) mass is 250 g/mol. The first kappa shape index (κ1) is 14.2. The zero-order chi connectivity index (χ0) is 13.5. The summed E-state index contributed by atoms with van der Waals surface area (Å²) in [7, 11) is 2.87. The molecule has 1 unspecified atom stereocenters. The van der Waals surface area contributed by atoms with Gasteiger partial charge in [-0.1, -0.05) is 19.1 Å². The predicted octanol–water partition coefficient (Wildman–Crippen LogP) is 2.01. The van der Waals surface area contributed by atoms with Crippen LogP contribution in [0.25, 0.3) is 0 Å². The highest BCUT2D eigenvalue weighted by Crippen LogP contribution is 2.16. The average Bonchev–Trinajstić information content (AvgIpc) is 2.39. The number of carbonyl (C=O) groups excluding carboxylic acids is 2. The van der Waals surface area contributed by atoms with E-state index in [4.69, 9.17) is 4.74 Å². The lowest BCUT2D eigenvalue weighted by Crippen LogP contribution is -2.26. The lowest BCUT2D eigenvalue weighted by Gasteiger charge is -2.11. The van der Waals surface area contributed by atoms with E-state index in [2.05, 4.69) is 4.74 Å². The molecule has 1 aromatic rings. The Hall–Kier alpha value is -1.84. The lowest BCUT2D eigenvalue weighted by molar-refractivity contribution is -0.149. The maximum Gasteiger partial charge on any atom is 0.316 e. The number of hydrogen-bond donors (Lipinski definition) is 0.